The topological polar surface area (TPSA) is 152 Å². The predicted octanol–water partition coefficient (Wildman–Crippen LogP) is 3.03. The van der Waals surface area contributed by atoms with Crippen LogP contribution in [0.15, 0.2) is 40.9 Å². The van der Waals surface area contributed by atoms with Crippen molar-refractivity contribution in [3.8, 4) is 5.75 Å². The van der Waals surface area contributed by atoms with Crippen molar-refractivity contribution in [2.45, 2.75) is 76.5 Å². The molecule has 0 spiro atoms. The average molecular weight is 822 g/mol. The highest BCUT2D eigenvalue weighted by atomic mass is 79.9. The number of piperazine rings is 1. The minimum absolute atomic E-state index is 0.0338. The van der Waals surface area contributed by atoms with E-state index in [4.69, 9.17) is 17.3 Å². The molecule has 4 aliphatic heterocycles. The Hall–Kier alpha value is -4.31. The number of piperidine rings is 2. The Morgan fingerprint density at radius 1 is 0.891 bits per heavy atom. The van der Waals surface area contributed by atoms with Crippen LogP contribution in [0.4, 0.5) is 15.3 Å². The molecule has 55 heavy (non-hydrogen) atoms. The van der Waals surface area contributed by atoms with Crippen molar-refractivity contribution in [2.75, 3.05) is 70.8 Å². The Bertz CT molecular complexity index is 1700. The number of anilines is 1. The monoisotopic (exact) mass is 820 g/mol. The van der Waals surface area contributed by atoms with E-state index < -0.39 is 12.2 Å². The first-order valence-electron chi connectivity index (χ1n) is 19.3. The van der Waals surface area contributed by atoms with Gasteiger partial charge in [-0.25, -0.2) is 9.59 Å². The van der Waals surface area contributed by atoms with Gasteiger partial charge in [-0.3, -0.25) is 19.3 Å². The van der Waals surface area contributed by atoms with Crippen LogP contribution in [-0.2, 0) is 36.7 Å². The zero-order valence-corrected chi connectivity index (χ0v) is 33.0. The number of carbonyl (C=O) groups is 5. The van der Waals surface area contributed by atoms with Crippen molar-refractivity contribution >= 4 is 64.8 Å². The number of rotatable bonds is 10. The molecule has 1 atom stereocenters. The van der Waals surface area contributed by atoms with Crippen molar-refractivity contribution in [3.05, 3.63) is 52.0 Å². The molecule has 3 fully saturated rings. The first-order valence-corrected chi connectivity index (χ1v) is 20.1. The van der Waals surface area contributed by atoms with Crippen LogP contribution < -0.4 is 10.8 Å². The molecule has 294 valence electrons. The lowest BCUT2D eigenvalue weighted by Crippen LogP contribution is -2.57. The Kier molecular flexibility index (Phi) is 13.6. The highest BCUT2D eigenvalue weighted by Gasteiger charge is 2.37. The second-order valence-corrected chi connectivity index (χ2v) is 15.5. The predicted molar refractivity (Wildman–Crippen MR) is 209 cm³/mol. The third-order valence-electron chi connectivity index (χ3n) is 11.2. The van der Waals surface area contributed by atoms with E-state index in [9.17, 15) is 29.1 Å². The fourth-order valence-electron chi connectivity index (χ4n) is 8.08. The highest BCUT2D eigenvalue weighted by molar-refractivity contribution is 9.10. The number of hydrogen-bond donors (Lipinski definition) is 2. The molecule has 0 aliphatic carbocycles. The molecule has 0 bridgehead atoms. The van der Waals surface area contributed by atoms with E-state index in [-0.39, 0.29) is 66.4 Å². The summed E-state index contributed by atoms with van der Waals surface area (Å²) in [5, 5.41) is 13.2. The van der Waals surface area contributed by atoms with E-state index in [1.807, 2.05) is 34.1 Å². The van der Waals surface area contributed by atoms with Gasteiger partial charge in [-0.15, -0.1) is 0 Å². The molecule has 0 unspecified atom stereocenters. The number of likely N-dealkylation sites (tertiary alicyclic amines) is 2. The lowest BCUT2D eigenvalue weighted by molar-refractivity contribution is -0.146. The van der Waals surface area contributed by atoms with E-state index in [1.165, 1.54) is 0 Å². The molecule has 2 radical (unpaired) electrons. The summed E-state index contributed by atoms with van der Waals surface area (Å²) >= 11 is 3.33. The highest BCUT2D eigenvalue weighted by Crippen LogP contribution is 2.27. The van der Waals surface area contributed by atoms with Gasteiger partial charge < -0.3 is 39.5 Å². The van der Waals surface area contributed by atoms with Gasteiger partial charge in [0.15, 0.2) is 6.10 Å². The second kappa shape index (κ2) is 18.6. The van der Waals surface area contributed by atoms with E-state index >= 15 is 0 Å². The second-order valence-electron chi connectivity index (χ2n) is 14.6. The number of halogens is 1. The summed E-state index contributed by atoms with van der Waals surface area (Å²) in [4.78, 5) is 74.6. The average Bonchev–Trinajstić information content (AvgIpc) is 3.36. The largest absolute Gasteiger partial charge is 0.507 e. The van der Waals surface area contributed by atoms with Gasteiger partial charge in [0.25, 0.3) is 5.91 Å². The Morgan fingerprint density at radius 3 is 2.25 bits per heavy atom. The number of fused-ring (bicyclic) bond motifs is 1. The lowest BCUT2D eigenvalue weighted by Gasteiger charge is -2.43. The molecule has 6 rings (SSSR count). The van der Waals surface area contributed by atoms with Crippen molar-refractivity contribution in [1.29, 1.82) is 0 Å². The third-order valence-corrected chi connectivity index (χ3v) is 11.8. The molecule has 16 heteroatoms. The Labute approximate surface area is 332 Å². The summed E-state index contributed by atoms with van der Waals surface area (Å²) in [5.74, 6) is -0.794. The van der Waals surface area contributed by atoms with E-state index in [2.05, 4.69) is 26.1 Å². The number of esters is 1. The van der Waals surface area contributed by atoms with Gasteiger partial charge in [0.05, 0.1) is 17.5 Å². The van der Waals surface area contributed by atoms with Crippen LogP contribution in [0.1, 0.15) is 56.6 Å². The number of urea groups is 1. The normalized spacial score (nSPS) is 19.3. The summed E-state index contributed by atoms with van der Waals surface area (Å²) in [6.07, 6.45) is 2.13. The molecular weight excluding hydrogens is 771 g/mol. The number of carbonyl (C=O) groups excluding carboxylic acids is 5. The van der Waals surface area contributed by atoms with E-state index in [0.717, 1.165) is 30.5 Å². The summed E-state index contributed by atoms with van der Waals surface area (Å²) < 4.78 is 11.3. The number of aromatic hydroxyl groups is 1. The molecular formula is C39H50BBrN6O8. The van der Waals surface area contributed by atoms with Gasteiger partial charge in [-0.2, -0.15) is 0 Å². The van der Waals surface area contributed by atoms with Gasteiger partial charge in [-0.05, 0) is 78.2 Å². The van der Waals surface area contributed by atoms with Crippen LogP contribution in [-0.4, -0.2) is 151 Å². The van der Waals surface area contributed by atoms with E-state index in [1.54, 1.807) is 28.9 Å². The molecule has 2 aromatic rings. The minimum Gasteiger partial charge on any atom is -0.507 e. The zero-order chi connectivity index (χ0) is 39.1. The Balaban J connectivity index is 1.03. The molecule has 0 saturated carbocycles. The number of nitrogens with zero attached hydrogens (tertiary/aromatic N) is 5. The number of para-hydroxylation sites is 1. The van der Waals surface area contributed by atoms with Crippen LogP contribution in [0.5, 0.6) is 5.75 Å². The molecule has 4 aliphatic rings. The molecule has 3 saturated heterocycles. The minimum atomic E-state index is -1.12. The molecule has 2 aromatic carbocycles. The summed E-state index contributed by atoms with van der Waals surface area (Å²) in [6.45, 7) is 6.84. The fraction of sp³-hybridized carbons (Fsp3) is 0.564. The fourth-order valence-corrected chi connectivity index (χ4v) is 8.60. The van der Waals surface area contributed by atoms with Crippen LogP contribution in [0, 0.1) is 0 Å². The smallest absolute Gasteiger partial charge is 0.410 e. The van der Waals surface area contributed by atoms with Crippen molar-refractivity contribution < 1.29 is 38.6 Å². The third kappa shape index (κ3) is 10.1. The first-order chi connectivity index (χ1) is 26.5. The SMILES string of the molecule is [B]c1cc(C[C@@H](OC(=O)N2CCC(N3CCc4ccccc4NC3=O)CC2)C(=O)N2CCN(C3CCN(C(=O)CCC(=O)OCC)CC3)CC2)cc(Br)c1O. The first kappa shape index (κ1) is 40.4. The maximum atomic E-state index is 14.1. The number of nitrogens with one attached hydrogen (secondary N) is 1. The molecule has 5 amide bonds. The quantitative estimate of drug-likeness (QED) is 0.272. The molecule has 14 nitrogen and oxygen atoms in total. The van der Waals surface area contributed by atoms with Crippen molar-refractivity contribution in [3.63, 3.8) is 0 Å². The Morgan fingerprint density at radius 2 is 1.56 bits per heavy atom. The number of benzene rings is 2. The molecule has 2 N–H and O–H groups in total. The number of hydrogen-bond acceptors (Lipinski definition) is 9. The summed E-state index contributed by atoms with van der Waals surface area (Å²) in [7, 11) is 6.03. The maximum Gasteiger partial charge on any atom is 0.410 e. The van der Waals surface area contributed by atoms with Gasteiger partial charge in [0.2, 0.25) is 5.91 Å². The van der Waals surface area contributed by atoms with E-state index in [0.29, 0.717) is 88.4 Å². The van der Waals surface area contributed by atoms with Gasteiger partial charge >= 0.3 is 18.1 Å². The van der Waals surface area contributed by atoms with Gasteiger partial charge in [0.1, 0.15) is 13.6 Å². The van der Waals surface area contributed by atoms with Crippen molar-refractivity contribution in [1.82, 2.24) is 24.5 Å². The lowest BCUT2D eigenvalue weighted by atomic mass is 9.91. The molecule has 0 aromatic heterocycles. The van der Waals surface area contributed by atoms with Crippen LogP contribution in [0.2, 0.25) is 0 Å². The summed E-state index contributed by atoms with van der Waals surface area (Å²) in [5.41, 5.74) is 2.69. The summed E-state index contributed by atoms with van der Waals surface area (Å²) in [6, 6.07) is 11.2. The van der Waals surface area contributed by atoms with Gasteiger partial charge in [0, 0.05) is 89.5 Å². The van der Waals surface area contributed by atoms with Crippen LogP contribution in [0.25, 0.3) is 0 Å². The number of phenols is 1. The van der Waals surface area contributed by atoms with Gasteiger partial charge in [-0.1, -0.05) is 29.7 Å². The van der Waals surface area contributed by atoms with Crippen molar-refractivity contribution in [2.24, 2.45) is 0 Å². The van der Waals surface area contributed by atoms with Crippen LogP contribution in [0.3, 0.4) is 0 Å². The van der Waals surface area contributed by atoms with Crippen LogP contribution >= 0.6 is 15.9 Å². The number of phenolic OH excluding ortho intramolecular Hbond substituents is 1. The number of ether oxygens (including phenoxy) is 2. The molecule has 4 heterocycles. The number of amides is 5. The standard InChI is InChI=1S/C39H50BBrN6O8/c1-2-54-35(49)8-7-34(48)44-14-10-28(11-15-44)43-19-21-45(22-20-43)37(51)33(25-26-23-30(40)36(50)31(41)24-26)55-39(53)46-16-12-29(13-17-46)47-18-9-27-5-3-4-6-32(27)42-38(47)52/h3-6,23-24,28-29,33,50H,2,7-22,25H2,1H3,(H,42,52)/t33-/m1/s1. The zero-order valence-electron chi connectivity index (χ0n) is 31.4. The maximum absolute atomic E-state index is 14.1.